The predicted octanol–water partition coefficient (Wildman–Crippen LogP) is 4.72. The largest absolute Gasteiger partial charge is 0.338 e. The van der Waals surface area contributed by atoms with Crippen LogP contribution in [0, 0.1) is 11.3 Å². The number of aromatic nitrogens is 2. The van der Waals surface area contributed by atoms with Gasteiger partial charge >= 0.3 is 0 Å². The molecule has 1 aromatic heterocycles. The number of carbonyl (C=O) groups is 1. The molecule has 1 aliphatic rings. The van der Waals surface area contributed by atoms with Gasteiger partial charge in [0.2, 0.25) is 0 Å². The Morgan fingerprint density at radius 3 is 2.55 bits per heavy atom. The van der Waals surface area contributed by atoms with E-state index in [-0.39, 0.29) is 11.5 Å². The van der Waals surface area contributed by atoms with Crippen LogP contribution < -0.4 is 0 Å². The van der Waals surface area contributed by atoms with Crippen molar-refractivity contribution in [1.82, 2.24) is 14.7 Å². The maximum atomic E-state index is 12.7. The molecule has 1 aliphatic heterocycles. The SMILES string of the molecule is N#C/C(=C\c1cn(-c2ccccc2)nc1-c1cccc(Cl)c1)C(=O)N1CCCC1. The zero-order valence-electron chi connectivity index (χ0n) is 15.8. The first kappa shape index (κ1) is 19.0. The number of rotatable bonds is 4. The summed E-state index contributed by atoms with van der Waals surface area (Å²) in [6.45, 7) is 1.39. The Balaban J connectivity index is 1.81. The minimum absolute atomic E-state index is 0.114. The van der Waals surface area contributed by atoms with E-state index in [1.165, 1.54) is 0 Å². The fourth-order valence-corrected chi connectivity index (χ4v) is 3.64. The molecule has 2 aromatic carbocycles. The number of nitriles is 1. The fourth-order valence-electron chi connectivity index (χ4n) is 3.45. The molecule has 0 atom stereocenters. The van der Waals surface area contributed by atoms with Crippen molar-refractivity contribution in [1.29, 1.82) is 5.26 Å². The summed E-state index contributed by atoms with van der Waals surface area (Å²) in [5, 5.41) is 14.9. The van der Waals surface area contributed by atoms with Crippen molar-refractivity contribution in [2.75, 3.05) is 13.1 Å². The van der Waals surface area contributed by atoms with Crippen LogP contribution in [0.4, 0.5) is 0 Å². The van der Waals surface area contributed by atoms with Crippen molar-refractivity contribution in [3.8, 4) is 23.0 Å². The quantitative estimate of drug-likeness (QED) is 0.468. The Labute approximate surface area is 174 Å². The van der Waals surface area contributed by atoms with Crippen molar-refractivity contribution in [3.63, 3.8) is 0 Å². The zero-order valence-corrected chi connectivity index (χ0v) is 16.5. The van der Waals surface area contributed by atoms with E-state index in [1.807, 2.05) is 54.7 Å². The highest BCUT2D eigenvalue weighted by atomic mass is 35.5. The molecule has 0 saturated carbocycles. The minimum atomic E-state index is -0.227. The van der Waals surface area contributed by atoms with E-state index in [0.29, 0.717) is 29.4 Å². The van der Waals surface area contributed by atoms with E-state index in [9.17, 15) is 10.1 Å². The Kier molecular flexibility index (Phi) is 5.46. The molecule has 144 valence electrons. The molecule has 4 rings (SSSR count). The van der Waals surface area contributed by atoms with Crippen LogP contribution in [0.2, 0.25) is 5.02 Å². The summed E-state index contributed by atoms with van der Waals surface area (Å²) in [5.74, 6) is -0.227. The number of halogens is 1. The lowest BCUT2D eigenvalue weighted by atomic mass is 10.1. The van der Waals surface area contributed by atoms with Gasteiger partial charge in [-0.3, -0.25) is 4.79 Å². The monoisotopic (exact) mass is 402 g/mol. The summed E-state index contributed by atoms with van der Waals surface area (Å²) < 4.78 is 1.75. The summed E-state index contributed by atoms with van der Waals surface area (Å²) in [6, 6.07) is 19.2. The van der Waals surface area contributed by atoms with Crippen LogP contribution in [0.3, 0.4) is 0 Å². The lowest BCUT2D eigenvalue weighted by Gasteiger charge is -2.14. The third-order valence-corrected chi connectivity index (χ3v) is 5.14. The van der Waals surface area contributed by atoms with E-state index in [2.05, 4.69) is 6.07 Å². The second-order valence-electron chi connectivity index (χ2n) is 6.89. The van der Waals surface area contributed by atoms with Gasteiger partial charge in [-0.2, -0.15) is 10.4 Å². The maximum Gasteiger partial charge on any atom is 0.264 e. The Morgan fingerprint density at radius 2 is 1.86 bits per heavy atom. The summed E-state index contributed by atoms with van der Waals surface area (Å²) in [6.07, 6.45) is 5.41. The topological polar surface area (TPSA) is 61.9 Å². The highest BCUT2D eigenvalue weighted by Crippen LogP contribution is 2.28. The smallest absolute Gasteiger partial charge is 0.264 e. The highest BCUT2D eigenvalue weighted by Gasteiger charge is 2.22. The Hall–Kier alpha value is -3.36. The zero-order chi connectivity index (χ0) is 20.2. The van der Waals surface area contributed by atoms with Crippen LogP contribution in [0.15, 0.2) is 66.4 Å². The summed E-state index contributed by atoms with van der Waals surface area (Å²) in [5.41, 5.74) is 3.19. The summed E-state index contributed by atoms with van der Waals surface area (Å²) in [7, 11) is 0. The molecule has 29 heavy (non-hydrogen) atoms. The van der Waals surface area contributed by atoms with Crippen molar-refractivity contribution in [3.05, 3.63) is 77.0 Å². The number of para-hydroxylation sites is 1. The molecule has 1 saturated heterocycles. The first-order chi connectivity index (χ1) is 14.2. The van der Waals surface area contributed by atoms with Crippen LogP contribution in [-0.4, -0.2) is 33.7 Å². The van der Waals surface area contributed by atoms with E-state index < -0.39 is 0 Å². The average molecular weight is 403 g/mol. The average Bonchev–Trinajstić information content (AvgIpc) is 3.42. The van der Waals surface area contributed by atoms with Gasteiger partial charge in [-0.05, 0) is 43.2 Å². The molecule has 1 fully saturated rings. The van der Waals surface area contributed by atoms with E-state index >= 15 is 0 Å². The number of amides is 1. The Morgan fingerprint density at radius 1 is 1.10 bits per heavy atom. The maximum absolute atomic E-state index is 12.7. The number of likely N-dealkylation sites (tertiary alicyclic amines) is 1. The van der Waals surface area contributed by atoms with Crippen LogP contribution in [0.25, 0.3) is 23.0 Å². The standard InChI is InChI=1S/C23H19ClN4O/c24-20-8-6-7-17(14-20)22-19(16-28(26-22)21-9-2-1-3-10-21)13-18(15-25)23(29)27-11-4-5-12-27/h1-3,6-10,13-14,16H,4-5,11-12H2/b18-13+. The lowest BCUT2D eigenvalue weighted by Crippen LogP contribution is -2.28. The molecular formula is C23H19ClN4O. The molecule has 0 bridgehead atoms. The fraction of sp³-hybridized carbons (Fsp3) is 0.174. The lowest BCUT2D eigenvalue weighted by molar-refractivity contribution is -0.125. The van der Waals surface area contributed by atoms with Crippen LogP contribution >= 0.6 is 11.6 Å². The molecule has 0 aliphatic carbocycles. The Bertz CT molecular complexity index is 1110. The predicted molar refractivity (Wildman–Crippen MR) is 113 cm³/mol. The van der Waals surface area contributed by atoms with Gasteiger partial charge in [0.1, 0.15) is 17.3 Å². The summed E-state index contributed by atoms with van der Waals surface area (Å²) >= 11 is 6.18. The van der Waals surface area contributed by atoms with Gasteiger partial charge in [0, 0.05) is 35.4 Å². The first-order valence-corrected chi connectivity index (χ1v) is 9.85. The molecule has 1 amide bonds. The van der Waals surface area contributed by atoms with Crippen LogP contribution in [0.5, 0.6) is 0 Å². The first-order valence-electron chi connectivity index (χ1n) is 9.48. The molecule has 2 heterocycles. The van der Waals surface area contributed by atoms with Crippen molar-refractivity contribution in [2.24, 2.45) is 0 Å². The van der Waals surface area contributed by atoms with Crippen molar-refractivity contribution >= 4 is 23.6 Å². The van der Waals surface area contributed by atoms with Gasteiger partial charge in [-0.1, -0.05) is 41.9 Å². The molecule has 3 aromatic rings. The normalized spacial score (nSPS) is 14.1. The molecule has 6 heteroatoms. The van der Waals surface area contributed by atoms with E-state index in [0.717, 1.165) is 24.1 Å². The van der Waals surface area contributed by atoms with E-state index in [1.54, 1.807) is 21.7 Å². The number of carbonyl (C=O) groups excluding carboxylic acids is 1. The number of hydrogen-bond acceptors (Lipinski definition) is 3. The van der Waals surface area contributed by atoms with Gasteiger partial charge in [0.25, 0.3) is 5.91 Å². The van der Waals surface area contributed by atoms with Gasteiger partial charge in [0.05, 0.1) is 5.69 Å². The van der Waals surface area contributed by atoms with Crippen molar-refractivity contribution in [2.45, 2.75) is 12.8 Å². The van der Waals surface area contributed by atoms with Crippen LogP contribution in [-0.2, 0) is 4.79 Å². The van der Waals surface area contributed by atoms with Gasteiger partial charge in [-0.15, -0.1) is 0 Å². The minimum Gasteiger partial charge on any atom is -0.338 e. The second-order valence-corrected chi connectivity index (χ2v) is 7.33. The third kappa shape index (κ3) is 4.08. The molecule has 0 radical (unpaired) electrons. The molecule has 0 unspecified atom stereocenters. The number of hydrogen-bond donors (Lipinski definition) is 0. The molecule has 5 nitrogen and oxygen atoms in total. The van der Waals surface area contributed by atoms with Gasteiger partial charge in [0.15, 0.2) is 0 Å². The second kappa shape index (κ2) is 8.34. The molecular weight excluding hydrogens is 384 g/mol. The highest BCUT2D eigenvalue weighted by molar-refractivity contribution is 6.30. The number of nitrogens with zero attached hydrogens (tertiary/aromatic N) is 4. The van der Waals surface area contributed by atoms with Gasteiger partial charge < -0.3 is 4.90 Å². The van der Waals surface area contributed by atoms with Gasteiger partial charge in [-0.25, -0.2) is 4.68 Å². The van der Waals surface area contributed by atoms with E-state index in [4.69, 9.17) is 16.7 Å². The molecule has 0 spiro atoms. The molecule has 0 N–H and O–H groups in total. The number of benzene rings is 2. The summed E-state index contributed by atoms with van der Waals surface area (Å²) in [4.78, 5) is 14.5. The third-order valence-electron chi connectivity index (χ3n) is 4.91. The van der Waals surface area contributed by atoms with Crippen LogP contribution in [0.1, 0.15) is 18.4 Å². The van der Waals surface area contributed by atoms with Crippen molar-refractivity contribution < 1.29 is 4.79 Å².